The molecule has 0 aromatic heterocycles. The van der Waals surface area contributed by atoms with Gasteiger partial charge in [0.25, 0.3) is 0 Å². The molecule has 0 heterocycles. The molecular weight excluding hydrogens is 248 g/mol. The van der Waals surface area contributed by atoms with Crippen molar-refractivity contribution in [2.24, 2.45) is 0 Å². The highest BCUT2D eigenvalue weighted by molar-refractivity contribution is 6.54. The van der Waals surface area contributed by atoms with E-state index in [1.54, 1.807) is 0 Å². The first kappa shape index (κ1) is 16.3. The Labute approximate surface area is 105 Å². The molecule has 0 saturated carbocycles. The molecule has 0 amide bonds. The van der Waals surface area contributed by atoms with Crippen LogP contribution in [0.25, 0.3) is 0 Å². The van der Waals surface area contributed by atoms with Crippen LogP contribution in [0, 0.1) is 0 Å². The number of hydrogen-bond donors (Lipinski definition) is 0. The van der Waals surface area contributed by atoms with E-state index in [9.17, 15) is 0 Å². The SMILES string of the molecule is CCCO[Si](OCCl)(OCCC)OCCC. The molecule has 0 rings (SSSR count). The van der Waals surface area contributed by atoms with E-state index >= 15 is 0 Å². The van der Waals surface area contributed by atoms with Gasteiger partial charge in [-0.15, -0.1) is 0 Å². The molecule has 0 bridgehead atoms. The van der Waals surface area contributed by atoms with Gasteiger partial charge in [0, 0.05) is 19.8 Å². The van der Waals surface area contributed by atoms with Crippen molar-refractivity contribution in [3.63, 3.8) is 0 Å². The minimum absolute atomic E-state index is 0.0311. The summed E-state index contributed by atoms with van der Waals surface area (Å²) in [7, 11) is -2.99. The fraction of sp³-hybridized carbons (Fsp3) is 1.00. The largest absolute Gasteiger partial charge is 0.680 e. The molecule has 0 atom stereocenters. The molecule has 0 aliphatic carbocycles. The van der Waals surface area contributed by atoms with E-state index in [1.807, 2.05) is 20.8 Å². The van der Waals surface area contributed by atoms with Crippen LogP contribution in [0.2, 0.25) is 0 Å². The zero-order chi connectivity index (χ0) is 12.3. The maximum atomic E-state index is 5.61. The van der Waals surface area contributed by atoms with Crippen molar-refractivity contribution < 1.29 is 17.7 Å². The maximum absolute atomic E-state index is 5.61. The highest BCUT2D eigenvalue weighted by Gasteiger charge is 2.45. The Balaban J connectivity index is 4.32. The number of halogens is 1. The lowest BCUT2D eigenvalue weighted by molar-refractivity contribution is -0.0260. The molecule has 0 N–H and O–H groups in total. The van der Waals surface area contributed by atoms with Crippen molar-refractivity contribution in [2.75, 3.05) is 25.9 Å². The summed E-state index contributed by atoms with van der Waals surface area (Å²) < 4.78 is 22.2. The summed E-state index contributed by atoms with van der Waals surface area (Å²) in [4.78, 5) is 0. The first-order chi connectivity index (χ1) is 7.74. The fourth-order valence-corrected chi connectivity index (χ4v) is 3.39. The zero-order valence-electron chi connectivity index (χ0n) is 10.5. The molecule has 16 heavy (non-hydrogen) atoms. The summed E-state index contributed by atoms with van der Waals surface area (Å²) in [6.45, 7) is 7.78. The van der Waals surface area contributed by atoms with Crippen LogP contribution >= 0.6 is 11.6 Å². The van der Waals surface area contributed by atoms with Gasteiger partial charge in [-0.05, 0) is 19.3 Å². The van der Waals surface area contributed by atoms with Gasteiger partial charge in [0.05, 0.1) is 0 Å². The van der Waals surface area contributed by atoms with Crippen molar-refractivity contribution in [3.05, 3.63) is 0 Å². The van der Waals surface area contributed by atoms with E-state index < -0.39 is 9.05 Å². The zero-order valence-corrected chi connectivity index (χ0v) is 12.2. The monoisotopic (exact) mass is 270 g/mol. The Morgan fingerprint density at radius 3 is 1.38 bits per heavy atom. The lowest BCUT2D eigenvalue weighted by atomic mass is 10.5. The summed E-state index contributed by atoms with van der Waals surface area (Å²) in [5.41, 5.74) is 0. The van der Waals surface area contributed by atoms with Crippen LogP contribution in [0.5, 0.6) is 0 Å². The van der Waals surface area contributed by atoms with E-state index in [-0.39, 0.29) is 6.07 Å². The Morgan fingerprint density at radius 2 is 1.12 bits per heavy atom. The van der Waals surface area contributed by atoms with Crippen LogP contribution in [0.15, 0.2) is 0 Å². The average Bonchev–Trinajstić information content (AvgIpc) is 2.31. The van der Waals surface area contributed by atoms with Gasteiger partial charge in [0.1, 0.15) is 6.07 Å². The van der Waals surface area contributed by atoms with Gasteiger partial charge in [-0.3, -0.25) is 0 Å². The molecule has 0 aromatic carbocycles. The van der Waals surface area contributed by atoms with Gasteiger partial charge < -0.3 is 17.7 Å². The molecular formula is C10H23ClO4Si. The molecule has 0 unspecified atom stereocenters. The van der Waals surface area contributed by atoms with E-state index in [1.165, 1.54) is 0 Å². The molecule has 0 aliphatic heterocycles. The van der Waals surface area contributed by atoms with Crippen LogP contribution in [-0.4, -0.2) is 34.9 Å². The maximum Gasteiger partial charge on any atom is 0.680 e. The van der Waals surface area contributed by atoms with Crippen molar-refractivity contribution >= 4 is 20.6 Å². The van der Waals surface area contributed by atoms with Gasteiger partial charge >= 0.3 is 9.05 Å². The third-order valence-corrected chi connectivity index (χ3v) is 4.14. The van der Waals surface area contributed by atoms with E-state index in [0.717, 1.165) is 19.3 Å². The molecule has 98 valence electrons. The predicted octanol–water partition coefficient (Wildman–Crippen LogP) is 2.91. The van der Waals surface area contributed by atoms with Crippen LogP contribution in [-0.2, 0) is 17.7 Å². The van der Waals surface area contributed by atoms with Gasteiger partial charge in [-0.1, -0.05) is 32.4 Å². The second-order valence-electron chi connectivity index (χ2n) is 3.30. The van der Waals surface area contributed by atoms with E-state index in [2.05, 4.69) is 0 Å². The van der Waals surface area contributed by atoms with Gasteiger partial charge in [-0.2, -0.15) is 0 Å². The smallest absolute Gasteiger partial charge is 0.351 e. The van der Waals surface area contributed by atoms with Crippen molar-refractivity contribution in [1.82, 2.24) is 0 Å². The van der Waals surface area contributed by atoms with Gasteiger partial charge in [0.2, 0.25) is 0 Å². The van der Waals surface area contributed by atoms with Crippen LogP contribution in [0.3, 0.4) is 0 Å². The summed E-state index contributed by atoms with van der Waals surface area (Å²) in [5, 5.41) is 0. The Bertz CT molecular complexity index is 138. The second-order valence-corrected chi connectivity index (χ2v) is 5.67. The highest BCUT2D eigenvalue weighted by atomic mass is 35.5. The minimum atomic E-state index is -2.99. The molecule has 0 fully saturated rings. The second kappa shape index (κ2) is 10.5. The first-order valence-corrected chi connectivity index (χ1v) is 8.03. The molecule has 0 aliphatic rings. The standard InChI is InChI=1S/C10H23ClO4Si/c1-4-7-12-16(15-10-11,13-8-5-2)14-9-6-3/h4-10H2,1-3H3. The summed E-state index contributed by atoms with van der Waals surface area (Å²) in [6, 6.07) is 0.0311. The predicted molar refractivity (Wildman–Crippen MR) is 66.3 cm³/mol. The fourth-order valence-electron chi connectivity index (χ4n) is 0.998. The molecule has 6 heteroatoms. The molecule has 0 aromatic rings. The third-order valence-electron chi connectivity index (χ3n) is 1.68. The van der Waals surface area contributed by atoms with Crippen LogP contribution in [0.1, 0.15) is 40.0 Å². The van der Waals surface area contributed by atoms with Crippen LogP contribution in [0.4, 0.5) is 0 Å². The Hall–Kier alpha value is 0.347. The molecule has 4 nitrogen and oxygen atoms in total. The van der Waals surface area contributed by atoms with Crippen molar-refractivity contribution in [2.45, 2.75) is 40.0 Å². The number of alkyl halides is 1. The minimum Gasteiger partial charge on any atom is -0.351 e. The average molecular weight is 271 g/mol. The summed E-state index contributed by atoms with van der Waals surface area (Å²) in [6.07, 6.45) is 2.68. The number of rotatable bonds is 11. The Kier molecular flexibility index (Phi) is 10.7. The Morgan fingerprint density at radius 1 is 0.750 bits per heavy atom. The van der Waals surface area contributed by atoms with Crippen molar-refractivity contribution in [3.8, 4) is 0 Å². The van der Waals surface area contributed by atoms with Crippen molar-refractivity contribution in [1.29, 1.82) is 0 Å². The third kappa shape index (κ3) is 6.83. The lowest BCUT2D eigenvalue weighted by Gasteiger charge is -2.26. The van der Waals surface area contributed by atoms with E-state index in [4.69, 9.17) is 29.3 Å². The molecule has 0 saturated heterocycles. The first-order valence-electron chi connectivity index (χ1n) is 5.86. The van der Waals surface area contributed by atoms with E-state index in [0.29, 0.717) is 19.8 Å². The summed E-state index contributed by atoms with van der Waals surface area (Å²) in [5.74, 6) is 0. The lowest BCUT2D eigenvalue weighted by Crippen LogP contribution is -2.49. The van der Waals surface area contributed by atoms with Crippen LogP contribution < -0.4 is 0 Å². The molecule has 0 spiro atoms. The topological polar surface area (TPSA) is 36.9 Å². The normalized spacial score (nSPS) is 12.0. The highest BCUT2D eigenvalue weighted by Crippen LogP contribution is 2.14. The summed E-state index contributed by atoms with van der Waals surface area (Å²) >= 11 is 5.60. The quantitative estimate of drug-likeness (QED) is 0.427. The van der Waals surface area contributed by atoms with Gasteiger partial charge in [0.15, 0.2) is 0 Å². The number of hydrogen-bond acceptors (Lipinski definition) is 4. The van der Waals surface area contributed by atoms with Gasteiger partial charge in [-0.25, -0.2) is 0 Å². The molecule has 0 radical (unpaired) electrons.